The van der Waals surface area contributed by atoms with Crippen molar-refractivity contribution in [2.45, 2.75) is 31.6 Å². The van der Waals surface area contributed by atoms with E-state index in [-0.39, 0.29) is 0 Å². The molecule has 0 saturated heterocycles. The number of hydrogen-bond donors (Lipinski definition) is 0. The van der Waals surface area contributed by atoms with Crippen molar-refractivity contribution in [3.63, 3.8) is 0 Å². The van der Waals surface area contributed by atoms with E-state index in [1.807, 2.05) is 6.07 Å². The summed E-state index contributed by atoms with van der Waals surface area (Å²) < 4.78 is 1.56. The van der Waals surface area contributed by atoms with Crippen LogP contribution in [0.4, 0.5) is 0 Å². The van der Waals surface area contributed by atoms with Gasteiger partial charge < -0.3 is 0 Å². The Balaban J connectivity index is 2.10. The molecule has 0 amide bonds. The molecular formula is C16H14ClN3O. The van der Waals surface area contributed by atoms with E-state index in [1.54, 1.807) is 22.9 Å². The highest BCUT2D eigenvalue weighted by atomic mass is 35.5. The second-order valence-corrected chi connectivity index (χ2v) is 5.62. The summed E-state index contributed by atoms with van der Waals surface area (Å²) in [5.74, 6) is 0.308. The molecule has 2 aromatic rings. The zero-order chi connectivity index (χ0) is 14.8. The Morgan fingerprint density at radius 2 is 2.14 bits per heavy atom. The number of nitriles is 1. The van der Waals surface area contributed by atoms with E-state index in [4.69, 9.17) is 16.9 Å². The zero-order valence-electron chi connectivity index (χ0n) is 11.4. The molecule has 0 radical (unpaired) electrons. The maximum atomic E-state index is 11.4. The Morgan fingerprint density at radius 3 is 2.81 bits per heavy atom. The van der Waals surface area contributed by atoms with Crippen molar-refractivity contribution in [2.24, 2.45) is 0 Å². The summed E-state index contributed by atoms with van der Waals surface area (Å²) in [6.45, 7) is 0. The highest BCUT2D eigenvalue weighted by Crippen LogP contribution is 2.37. The van der Waals surface area contributed by atoms with Crippen LogP contribution >= 0.6 is 11.6 Å². The molecule has 1 heterocycles. The van der Waals surface area contributed by atoms with Gasteiger partial charge >= 0.3 is 0 Å². The van der Waals surface area contributed by atoms with Gasteiger partial charge in [0.25, 0.3) is 0 Å². The maximum Gasteiger partial charge on any atom is 0.155 e. The monoisotopic (exact) mass is 299 g/mol. The summed E-state index contributed by atoms with van der Waals surface area (Å²) in [7, 11) is 0. The fourth-order valence-corrected chi connectivity index (χ4v) is 3.19. The third kappa shape index (κ3) is 2.45. The van der Waals surface area contributed by atoms with Crippen molar-refractivity contribution in [1.29, 1.82) is 5.26 Å². The first-order valence-electron chi connectivity index (χ1n) is 6.98. The number of hydrogen-bond acceptors (Lipinski definition) is 3. The molecule has 0 atom stereocenters. The number of carbonyl (C=O) groups excluding carboxylic acids is 1. The Hall–Kier alpha value is -2.12. The van der Waals surface area contributed by atoms with Gasteiger partial charge in [-0.25, -0.2) is 4.68 Å². The first kappa shape index (κ1) is 13.8. The molecule has 0 bridgehead atoms. The average Bonchev–Trinajstić information content (AvgIpc) is 3.14. The Kier molecular flexibility index (Phi) is 3.76. The average molecular weight is 300 g/mol. The molecule has 106 valence electrons. The number of nitrogens with zero attached hydrogens (tertiary/aromatic N) is 3. The van der Waals surface area contributed by atoms with Crippen LogP contribution in [0.25, 0.3) is 5.69 Å². The topological polar surface area (TPSA) is 58.7 Å². The molecule has 1 aliphatic carbocycles. The van der Waals surface area contributed by atoms with Gasteiger partial charge in [0.1, 0.15) is 5.15 Å². The number of rotatable bonds is 3. The van der Waals surface area contributed by atoms with E-state index >= 15 is 0 Å². The lowest BCUT2D eigenvalue weighted by atomic mass is 10.0. The molecule has 21 heavy (non-hydrogen) atoms. The van der Waals surface area contributed by atoms with Crippen molar-refractivity contribution in [3.05, 3.63) is 46.2 Å². The van der Waals surface area contributed by atoms with Crippen LogP contribution in [0, 0.1) is 11.3 Å². The fourth-order valence-electron chi connectivity index (χ4n) is 2.91. The summed E-state index contributed by atoms with van der Waals surface area (Å²) in [6.07, 6.45) is 5.21. The van der Waals surface area contributed by atoms with Crippen molar-refractivity contribution in [2.75, 3.05) is 0 Å². The summed E-state index contributed by atoms with van der Waals surface area (Å²) in [5, 5.41) is 13.9. The molecule has 1 aliphatic rings. The molecule has 1 aromatic carbocycles. The molecule has 0 aliphatic heterocycles. The van der Waals surface area contributed by atoms with Crippen LogP contribution < -0.4 is 0 Å². The molecule has 0 N–H and O–H groups in total. The van der Waals surface area contributed by atoms with Gasteiger partial charge in [-0.2, -0.15) is 10.4 Å². The minimum Gasteiger partial charge on any atom is -0.298 e. The first-order valence-corrected chi connectivity index (χ1v) is 7.36. The second kappa shape index (κ2) is 5.71. The van der Waals surface area contributed by atoms with E-state index in [2.05, 4.69) is 11.2 Å². The maximum absolute atomic E-state index is 11.4. The standard InChI is InChI=1S/C16H14ClN3O/c17-16-14(10-21)15(12-5-1-2-6-12)19-20(16)13-7-3-4-11(8-13)9-18/h3-4,7-8,10,12H,1-2,5-6H2. The third-order valence-electron chi connectivity index (χ3n) is 3.97. The van der Waals surface area contributed by atoms with Crippen LogP contribution in [0.5, 0.6) is 0 Å². The fraction of sp³-hybridized carbons (Fsp3) is 0.312. The summed E-state index contributed by atoms with van der Waals surface area (Å²) >= 11 is 6.32. The molecule has 1 fully saturated rings. The number of carbonyl (C=O) groups is 1. The van der Waals surface area contributed by atoms with Crippen LogP contribution in [0.15, 0.2) is 24.3 Å². The highest BCUT2D eigenvalue weighted by Gasteiger charge is 2.26. The Bertz CT molecular complexity index is 724. The summed E-state index contributed by atoms with van der Waals surface area (Å²) in [6, 6.07) is 9.13. The van der Waals surface area contributed by atoms with Gasteiger partial charge in [0, 0.05) is 5.92 Å². The lowest BCUT2D eigenvalue weighted by Crippen LogP contribution is -2.00. The molecule has 4 nitrogen and oxygen atoms in total. The van der Waals surface area contributed by atoms with Gasteiger partial charge in [-0.15, -0.1) is 0 Å². The number of aromatic nitrogens is 2. The molecule has 0 unspecified atom stereocenters. The Morgan fingerprint density at radius 1 is 1.38 bits per heavy atom. The van der Waals surface area contributed by atoms with E-state index in [0.29, 0.717) is 27.9 Å². The van der Waals surface area contributed by atoms with Gasteiger partial charge in [0.05, 0.1) is 28.6 Å². The molecule has 1 saturated carbocycles. The minimum atomic E-state index is 0.308. The van der Waals surface area contributed by atoms with Crippen molar-refractivity contribution in [1.82, 2.24) is 9.78 Å². The highest BCUT2D eigenvalue weighted by molar-refractivity contribution is 6.32. The van der Waals surface area contributed by atoms with Gasteiger partial charge in [0.2, 0.25) is 0 Å². The predicted octanol–water partition coefficient (Wildman–Crippen LogP) is 3.87. The molecule has 3 rings (SSSR count). The van der Waals surface area contributed by atoms with E-state index in [9.17, 15) is 4.79 Å². The van der Waals surface area contributed by atoms with Crippen LogP contribution in [0.3, 0.4) is 0 Å². The van der Waals surface area contributed by atoms with Gasteiger partial charge in [-0.1, -0.05) is 30.5 Å². The smallest absolute Gasteiger partial charge is 0.155 e. The first-order chi connectivity index (χ1) is 10.2. The zero-order valence-corrected chi connectivity index (χ0v) is 12.2. The lowest BCUT2D eigenvalue weighted by Gasteiger charge is -2.05. The molecule has 1 aromatic heterocycles. The largest absolute Gasteiger partial charge is 0.298 e. The minimum absolute atomic E-state index is 0.308. The molecule has 0 spiro atoms. The molecular weight excluding hydrogens is 286 g/mol. The lowest BCUT2D eigenvalue weighted by molar-refractivity contribution is 0.112. The summed E-state index contributed by atoms with van der Waals surface area (Å²) in [4.78, 5) is 11.4. The predicted molar refractivity (Wildman–Crippen MR) is 79.9 cm³/mol. The van der Waals surface area contributed by atoms with Crippen LogP contribution in [0.2, 0.25) is 5.15 Å². The van der Waals surface area contributed by atoms with E-state index in [1.165, 1.54) is 0 Å². The number of benzene rings is 1. The SMILES string of the molecule is N#Cc1cccc(-n2nc(C3CCCC3)c(C=O)c2Cl)c1. The number of halogens is 1. The number of aldehydes is 1. The normalized spacial score (nSPS) is 15.0. The van der Waals surface area contributed by atoms with Crippen molar-refractivity contribution >= 4 is 17.9 Å². The summed E-state index contributed by atoms with van der Waals surface area (Å²) in [5.41, 5.74) is 2.50. The second-order valence-electron chi connectivity index (χ2n) is 5.26. The molecule has 5 heteroatoms. The third-order valence-corrected chi connectivity index (χ3v) is 4.34. The van der Waals surface area contributed by atoms with Gasteiger partial charge in [-0.3, -0.25) is 4.79 Å². The van der Waals surface area contributed by atoms with Gasteiger partial charge in [0.15, 0.2) is 6.29 Å². The van der Waals surface area contributed by atoms with E-state index < -0.39 is 0 Å². The van der Waals surface area contributed by atoms with E-state index in [0.717, 1.165) is 37.7 Å². The van der Waals surface area contributed by atoms with Gasteiger partial charge in [-0.05, 0) is 31.0 Å². The van der Waals surface area contributed by atoms with Crippen LogP contribution in [-0.2, 0) is 0 Å². The quantitative estimate of drug-likeness (QED) is 0.808. The van der Waals surface area contributed by atoms with Crippen molar-refractivity contribution in [3.8, 4) is 11.8 Å². The van der Waals surface area contributed by atoms with Crippen LogP contribution in [-0.4, -0.2) is 16.1 Å². The Labute approximate surface area is 128 Å². The van der Waals surface area contributed by atoms with Crippen LogP contribution in [0.1, 0.15) is 53.2 Å². The van der Waals surface area contributed by atoms with Crippen molar-refractivity contribution < 1.29 is 4.79 Å².